The molecule has 302 valence electrons. The summed E-state index contributed by atoms with van der Waals surface area (Å²) in [4.78, 5) is 92.0. The van der Waals surface area contributed by atoms with Crippen molar-refractivity contribution in [1.82, 2.24) is 0 Å². The molecule has 9 N–H and O–H groups in total. The number of hydrogen-bond acceptors (Lipinski definition) is 15. The molecule has 0 aromatic rings. The van der Waals surface area contributed by atoms with Gasteiger partial charge in [0.2, 0.25) is 0 Å². The average Bonchev–Trinajstić information content (AvgIpc) is 2.99. The van der Waals surface area contributed by atoms with E-state index in [1.165, 1.54) is 0 Å². The van der Waals surface area contributed by atoms with Gasteiger partial charge in [-0.3, -0.25) is 32.2 Å². The van der Waals surface area contributed by atoms with Crippen LogP contribution >= 0.6 is 30.2 Å². The summed E-state index contributed by atoms with van der Waals surface area (Å²) in [6, 6.07) is 0. The molecule has 0 aromatic carbocycles. The van der Waals surface area contributed by atoms with Crippen LogP contribution in [0.1, 0.15) is 90.9 Å². The van der Waals surface area contributed by atoms with Gasteiger partial charge in [-0.15, -0.1) is 0 Å². The van der Waals surface area contributed by atoms with Gasteiger partial charge >= 0.3 is 42.1 Å². The average molecular weight is 843 g/mol. The lowest BCUT2D eigenvalue weighted by Gasteiger charge is -2.46. The number of ether oxygens (including phenoxy) is 2. The summed E-state index contributed by atoms with van der Waals surface area (Å²) in [5, 5.41) is 21.7. The van der Waals surface area contributed by atoms with Crippen LogP contribution in [0.5, 0.6) is 0 Å². The molecule has 0 radical (unpaired) electrons. The Morgan fingerprint density at radius 1 is 0.608 bits per heavy atom. The molecule has 21 nitrogen and oxygen atoms in total. The predicted molar refractivity (Wildman–Crippen MR) is 178 cm³/mol. The van der Waals surface area contributed by atoms with Gasteiger partial charge in [-0.1, -0.05) is 65.2 Å². The Morgan fingerprint density at radius 3 is 1.53 bits per heavy atom. The van der Waals surface area contributed by atoms with E-state index in [4.69, 9.17) is 18.5 Å². The molecule has 0 spiro atoms. The topological polar surface area (TPSA) is 332 Å². The molecule has 1 aliphatic rings. The van der Waals surface area contributed by atoms with Gasteiger partial charge in [-0.2, -0.15) is 0 Å². The lowest BCUT2D eigenvalue weighted by molar-refractivity contribution is -0.208. The van der Waals surface area contributed by atoms with Crippen LogP contribution in [0.4, 0.5) is 0 Å². The van der Waals surface area contributed by atoms with E-state index in [1.54, 1.807) is 0 Å². The Balaban J connectivity index is 3.19. The lowest BCUT2D eigenvalue weighted by Crippen LogP contribution is -2.65. The Hall–Kier alpha value is -0.280. The number of carbonyl (C=O) groups is 2. The number of aliphatic hydroxyl groups excluding tert-OH is 2. The van der Waals surface area contributed by atoms with E-state index in [1.807, 2.05) is 13.8 Å². The van der Waals surface area contributed by atoms with E-state index in [0.717, 1.165) is 51.4 Å². The molecule has 1 unspecified atom stereocenters. The highest BCUT2D eigenvalue weighted by Gasteiger charge is 2.58. The Bertz CT molecular complexity index is 1220. The van der Waals surface area contributed by atoms with E-state index in [0.29, 0.717) is 12.8 Å². The predicted octanol–water partition coefficient (Wildman–Crippen LogP) is 1.95. The lowest BCUT2D eigenvalue weighted by atomic mass is 9.85. The molecule has 26 heteroatoms. The molecule has 1 rings (SSSR count). The second kappa shape index (κ2) is 22.9. The summed E-state index contributed by atoms with van der Waals surface area (Å²) in [5.41, 5.74) is 0. The summed E-state index contributed by atoms with van der Waals surface area (Å²) < 4.78 is 69.9. The second-order valence-electron chi connectivity index (χ2n) is 11.6. The zero-order valence-electron chi connectivity index (χ0n) is 28.1. The minimum atomic E-state index is -5.71. The third-order valence-corrected chi connectivity index (χ3v) is 9.94. The van der Waals surface area contributed by atoms with Gasteiger partial charge in [-0.25, -0.2) is 13.7 Å². The molecule has 1 fully saturated rings. The number of phosphoric acid groups is 3. The summed E-state index contributed by atoms with van der Waals surface area (Å²) >= 11 is 4.31. The number of carbonyl (C=O) groups excluding carboxylic acids is 2. The summed E-state index contributed by atoms with van der Waals surface area (Å²) in [6.07, 6.45) is -8.93. The molecule has 0 amide bonds. The van der Waals surface area contributed by atoms with E-state index in [9.17, 15) is 67.8 Å². The van der Waals surface area contributed by atoms with Gasteiger partial charge in [0.25, 0.3) is 0 Å². The van der Waals surface area contributed by atoms with Crippen molar-refractivity contribution in [3.63, 3.8) is 0 Å². The van der Waals surface area contributed by atoms with Gasteiger partial charge in [0, 0.05) is 12.8 Å². The molecular weight excluding hydrogens is 792 g/mol. The molecule has 51 heavy (non-hydrogen) atoms. The number of phosphoric ester groups is 3. The maximum atomic E-state index is 13.0. The van der Waals surface area contributed by atoms with Crippen LogP contribution in [0, 0.1) is 0 Å². The monoisotopic (exact) mass is 842 g/mol. The zero-order valence-corrected chi connectivity index (χ0v) is 32.5. The normalized spacial score (nSPS) is 24.8. The van der Waals surface area contributed by atoms with Crippen molar-refractivity contribution in [3.8, 4) is 0 Å². The Morgan fingerprint density at radius 2 is 1.06 bits per heavy atom. The minimum absolute atomic E-state index is 0.0394. The molecule has 0 bridgehead atoms. The van der Waals surface area contributed by atoms with E-state index >= 15 is 0 Å². The summed E-state index contributed by atoms with van der Waals surface area (Å²) in [7, 11) is -17.0. The van der Waals surface area contributed by atoms with Crippen LogP contribution in [0.2, 0.25) is 0 Å². The van der Waals surface area contributed by atoms with Crippen molar-refractivity contribution in [3.05, 3.63) is 0 Å². The van der Waals surface area contributed by atoms with Crippen LogP contribution < -0.4 is 0 Å². The number of aliphatic hydroxyl groups is 2. The van der Waals surface area contributed by atoms with Crippen LogP contribution in [0.15, 0.2) is 0 Å². The summed E-state index contributed by atoms with van der Waals surface area (Å²) in [5.74, 6) is -1.40. The van der Waals surface area contributed by atoms with Crippen molar-refractivity contribution in [2.45, 2.75) is 134 Å². The van der Waals surface area contributed by atoms with Gasteiger partial charge in [0.05, 0.1) is 6.61 Å². The van der Waals surface area contributed by atoms with Gasteiger partial charge in [-0.05, 0) is 24.6 Å². The van der Waals surface area contributed by atoms with E-state index < -0.39 is 98.1 Å². The quantitative estimate of drug-likeness (QED) is 0.0341. The maximum absolute atomic E-state index is 13.0. The third-order valence-electron chi connectivity index (χ3n) is 7.15. The van der Waals surface area contributed by atoms with Crippen LogP contribution in [-0.2, 0) is 67.2 Å². The SMILES string of the molecule is CCCCCCCC(=O)OC[C@H](COP(=O)(O)O[C@H]1[C@H](O)[C@@H](OP(=O)(O)O)[C@H](OP(=O)(O)O)[C@@H](OP(O)(O)=S)[C@H]1O)OC(=O)CCCCCCC. The first-order valence-electron chi connectivity index (χ1n) is 16.1. The first-order chi connectivity index (χ1) is 23.5. The fourth-order valence-corrected chi connectivity index (χ4v) is 7.79. The van der Waals surface area contributed by atoms with E-state index in [-0.39, 0.29) is 12.8 Å². The minimum Gasteiger partial charge on any atom is -0.462 e. The van der Waals surface area contributed by atoms with Gasteiger partial charge in [0.15, 0.2) is 6.10 Å². The summed E-state index contributed by atoms with van der Waals surface area (Å²) in [6.45, 7) is -2.48. The number of hydrogen-bond donors (Lipinski definition) is 9. The molecular formula is C25H50O21P4S. The van der Waals surface area contributed by atoms with Crippen molar-refractivity contribution < 1.29 is 99.8 Å². The first kappa shape index (κ1) is 48.7. The molecule has 0 aliphatic heterocycles. The van der Waals surface area contributed by atoms with E-state index in [2.05, 4.69) is 25.4 Å². The highest BCUT2D eigenvalue weighted by Crippen LogP contribution is 2.53. The smallest absolute Gasteiger partial charge is 0.462 e. The highest BCUT2D eigenvalue weighted by atomic mass is 32.5. The van der Waals surface area contributed by atoms with Crippen LogP contribution in [-0.4, -0.2) is 112 Å². The zero-order chi connectivity index (χ0) is 39.0. The highest BCUT2D eigenvalue weighted by molar-refractivity contribution is 8.06. The molecule has 1 saturated carbocycles. The van der Waals surface area contributed by atoms with Gasteiger partial charge in [0.1, 0.15) is 43.2 Å². The second-order valence-corrected chi connectivity index (χ2v) is 18.0. The number of esters is 2. The molecule has 0 aromatic heterocycles. The Labute approximate surface area is 300 Å². The van der Waals surface area contributed by atoms with Crippen molar-refractivity contribution in [2.24, 2.45) is 0 Å². The van der Waals surface area contributed by atoms with Crippen molar-refractivity contribution >= 4 is 53.9 Å². The first-order valence-corrected chi connectivity index (χ1v) is 23.3. The standard InChI is InChI=1S/C25H50O21P4S/c1-3-5-7-9-11-13-18(26)40-15-17(42-19(27)14-12-10-8-6-4-2)16-41-49(36,37)45-22-20(28)23(43-47(30,31)32)25(44-48(33,34)35)24(21(22)29)46-50(38,39)51/h17,20-25,28-29H,3-16H2,1-2H3,(H,36,37)(H2,30,31,32)(H2,33,34,35)(H2,38,39,51)/t17-,20+,21+,22+,23-,24+,25+/m1/s1. The number of rotatable bonds is 26. The molecule has 0 saturated heterocycles. The third kappa shape index (κ3) is 21.4. The molecule has 1 aliphatic carbocycles. The Kier molecular flexibility index (Phi) is 21.9. The van der Waals surface area contributed by atoms with Crippen LogP contribution in [0.25, 0.3) is 0 Å². The number of unbranched alkanes of at least 4 members (excludes halogenated alkanes) is 8. The van der Waals surface area contributed by atoms with Crippen LogP contribution in [0.3, 0.4) is 0 Å². The molecule has 8 atom stereocenters. The fourth-order valence-electron chi connectivity index (χ4n) is 4.84. The maximum Gasteiger partial charge on any atom is 0.472 e. The van der Waals surface area contributed by atoms with Crippen molar-refractivity contribution in [1.29, 1.82) is 0 Å². The molecule has 0 heterocycles. The largest absolute Gasteiger partial charge is 0.472 e. The van der Waals surface area contributed by atoms with Gasteiger partial charge < -0.3 is 53.9 Å². The van der Waals surface area contributed by atoms with Crippen molar-refractivity contribution in [2.75, 3.05) is 13.2 Å². The fraction of sp³-hybridized carbons (Fsp3) is 0.920.